The van der Waals surface area contributed by atoms with Gasteiger partial charge in [0.15, 0.2) is 5.78 Å². The number of thiophene rings is 1. The number of rotatable bonds is 6. The van der Waals surface area contributed by atoms with Crippen LogP contribution in [0.3, 0.4) is 0 Å². The number of ketones is 1. The summed E-state index contributed by atoms with van der Waals surface area (Å²) in [5, 5.41) is 4.22. The normalized spacial score (nSPS) is 11.3. The van der Waals surface area contributed by atoms with Gasteiger partial charge in [-0.25, -0.2) is 0 Å². The first kappa shape index (κ1) is 15.2. The van der Waals surface area contributed by atoms with Crippen LogP contribution in [0.1, 0.15) is 40.5 Å². The Morgan fingerprint density at radius 3 is 2.95 bits per heavy atom. The van der Waals surface area contributed by atoms with Crippen molar-refractivity contribution in [2.45, 2.75) is 33.2 Å². The van der Waals surface area contributed by atoms with Crippen LogP contribution < -0.4 is 0 Å². The lowest BCUT2D eigenvalue weighted by Crippen LogP contribution is -1.99. The minimum Gasteiger partial charge on any atom is -0.288 e. The van der Waals surface area contributed by atoms with Gasteiger partial charge in [0, 0.05) is 11.4 Å². The smallest absolute Gasteiger partial charge is 0.195 e. The summed E-state index contributed by atoms with van der Waals surface area (Å²) in [6.07, 6.45) is 7.33. The Kier molecular flexibility index (Phi) is 5.31. The highest BCUT2D eigenvalue weighted by Crippen LogP contribution is 2.21. The predicted octanol–water partition coefficient (Wildman–Crippen LogP) is 4.58. The van der Waals surface area contributed by atoms with E-state index in [4.69, 9.17) is 0 Å². The molecule has 0 amide bonds. The Labute approximate surface area is 131 Å². The van der Waals surface area contributed by atoms with Crippen LogP contribution in [-0.4, -0.2) is 15.6 Å². The molecule has 0 aliphatic heterocycles. The second-order valence-corrected chi connectivity index (χ2v) is 6.43. The van der Waals surface area contributed by atoms with Gasteiger partial charge in [0.1, 0.15) is 0 Å². The summed E-state index contributed by atoms with van der Waals surface area (Å²) < 4.78 is 2.76. The van der Waals surface area contributed by atoms with Gasteiger partial charge in [-0.15, -0.1) is 11.3 Å². The SMILES string of the molecule is CCCc1ccc(C(=O)/C=C/c2c(Br)cnn2CC)s1. The van der Waals surface area contributed by atoms with Crippen LogP contribution in [0.25, 0.3) is 6.08 Å². The molecule has 0 saturated heterocycles. The topological polar surface area (TPSA) is 34.9 Å². The molecule has 106 valence electrons. The maximum Gasteiger partial charge on any atom is 0.195 e. The summed E-state index contributed by atoms with van der Waals surface area (Å²) in [5.41, 5.74) is 0.922. The average Bonchev–Trinajstić information content (AvgIpc) is 3.03. The Hall–Kier alpha value is -1.20. The molecule has 0 spiro atoms. The Balaban J connectivity index is 2.13. The van der Waals surface area contributed by atoms with Crippen LogP contribution in [0.4, 0.5) is 0 Å². The molecule has 2 aromatic heterocycles. The molecule has 2 rings (SSSR count). The third-order valence-corrected chi connectivity index (χ3v) is 4.70. The fourth-order valence-electron chi connectivity index (χ4n) is 1.92. The third kappa shape index (κ3) is 3.46. The van der Waals surface area contributed by atoms with Crippen molar-refractivity contribution >= 4 is 39.1 Å². The van der Waals surface area contributed by atoms with E-state index in [1.807, 2.05) is 29.8 Å². The molecule has 20 heavy (non-hydrogen) atoms. The van der Waals surface area contributed by atoms with Crippen LogP contribution >= 0.6 is 27.3 Å². The molecule has 0 aliphatic carbocycles. The van der Waals surface area contributed by atoms with Crippen LogP contribution in [-0.2, 0) is 13.0 Å². The highest BCUT2D eigenvalue weighted by Gasteiger charge is 2.08. The number of carbonyl (C=O) groups is 1. The fourth-order valence-corrected chi connectivity index (χ4v) is 3.38. The first-order chi connectivity index (χ1) is 9.65. The van der Waals surface area contributed by atoms with E-state index in [1.54, 1.807) is 23.6 Å². The van der Waals surface area contributed by atoms with Crippen molar-refractivity contribution < 1.29 is 4.79 Å². The Bertz CT molecular complexity index is 628. The minimum absolute atomic E-state index is 0.0492. The minimum atomic E-state index is 0.0492. The quantitative estimate of drug-likeness (QED) is 0.563. The summed E-state index contributed by atoms with van der Waals surface area (Å²) >= 11 is 5.03. The Morgan fingerprint density at radius 2 is 2.25 bits per heavy atom. The third-order valence-electron chi connectivity index (χ3n) is 2.93. The van der Waals surface area contributed by atoms with Crippen LogP contribution in [0.2, 0.25) is 0 Å². The lowest BCUT2D eigenvalue weighted by molar-refractivity contribution is 0.105. The van der Waals surface area contributed by atoms with Crippen molar-refractivity contribution in [2.24, 2.45) is 0 Å². The van der Waals surface area contributed by atoms with E-state index in [2.05, 4.69) is 28.0 Å². The fraction of sp³-hybridized carbons (Fsp3) is 0.333. The number of allylic oxidation sites excluding steroid dienone is 1. The molecule has 5 heteroatoms. The number of hydrogen-bond donors (Lipinski definition) is 0. The maximum atomic E-state index is 12.1. The highest BCUT2D eigenvalue weighted by atomic mass is 79.9. The van der Waals surface area contributed by atoms with E-state index in [-0.39, 0.29) is 5.78 Å². The second-order valence-electron chi connectivity index (χ2n) is 4.41. The molecule has 0 saturated carbocycles. The van der Waals surface area contributed by atoms with Crippen LogP contribution in [0.5, 0.6) is 0 Å². The largest absolute Gasteiger partial charge is 0.288 e. The van der Waals surface area contributed by atoms with Gasteiger partial charge in [0.2, 0.25) is 0 Å². The number of aromatic nitrogens is 2. The van der Waals surface area contributed by atoms with E-state index in [0.29, 0.717) is 0 Å². The molecular weight excluding hydrogens is 336 g/mol. The molecule has 2 heterocycles. The number of aryl methyl sites for hydroxylation is 2. The molecule has 3 nitrogen and oxygen atoms in total. The predicted molar refractivity (Wildman–Crippen MR) is 87.3 cm³/mol. The molecule has 0 radical (unpaired) electrons. The van der Waals surface area contributed by atoms with Crippen LogP contribution in [0, 0.1) is 0 Å². The van der Waals surface area contributed by atoms with Gasteiger partial charge in [-0.3, -0.25) is 9.48 Å². The molecule has 0 unspecified atom stereocenters. The van der Waals surface area contributed by atoms with Crippen LogP contribution in [0.15, 0.2) is 28.9 Å². The zero-order valence-electron chi connectivity index (χ0n) is 11.6. The van der Waals surface area contributed by atoms with Gasteiger partial charge in [-0.05, 0) is 53.6 Å². The summed E-state index contributed by atoms with van der Waals surface area (Å²) in [6, 6.07) is 3.95. The molecule has 2 aromatic rings. The lowest BCUT2D eigenvalue weighted by Gasteiger charge is -1.99. The van der Waals surface area contributed by atoms with Crippen molar-refractivity contribution in [1.82, 2.24) is 9.78 Å². The average molecular weight is 353 g/mol. The van der Waals surface area contributed by atoms with Gasteiger partial charge in [0.25, 0.3) is 0 Å². The molecule has 0 aliphatic rings. The van der Waals surface area contributed by atoms with Gasteiger partial charge in [0.05, 0.1) is 21.2 Å². The Morgan fingerprint density at radius 1 is 1.45 bits per heavy atom. The molecule has 0 bridgehead atoms. The van der Waals surface area contributed by atoms with Crippen molar-refractivity contribution in [1.29, 1.82) is 0 Å². The van der Waals surface area contributed by atoms with Gasteiger partial charge >= 0.3 is 0 Å². The van der Waals surface area contributed by atoms with E-state index in [0.717, 1.165) is 34.4 Å². The molecule has 0 atom stereocenters. The standard InChI is InChI=1S/C15H17BrN2OS/c1-3-5-11-6-9-15(20-11)14(19)8-7-13-12(16)10-17-18(13)4-2/h6-10H,3-5H2,1-2H3/b8-7+. The lowest BCUT2D eigenvalue weighted by atomic mass is 10.2. The van der Waals surface area contributed by atoms with E-state index in [9.17, 15) is 4.79 Å². The molecular formula is C15H17BrN2OS. The summed E-state index contributed by atoms with van der Waals surface area (Å²) in [7, 11) is 0. The molecule has 0 N–H and O–H groups in total. The second kappa shape index (κ2) is 6.99. The van der Waals surface area contributed by atoms with Crippen molar-refractivity contribution in [2.75, 3.05) is 0 Å². The molecule has 0 fully saturated rings. The number of carbonyl (C=O) groups excluding carboxylic acids is 1. The molecule has 0 aromatic carbocycles. The van der Waals surface area contributed by atoms with Gasteiger partial charge < -0.3 is 0 Å². The van der Waals surface area contributed by atoms with Crippen molar-refractivity contribution in [3.8, 4) is 0 Å². The highest BCUT2D eigenvalue weighted by molar-refractivity contribution is 9.10. The zero-order chi connectivity index (χ0) is 14.5. The number of halogens is 1. The van der Waals surface area contributed by atoms with E-state index >= 15 is 0 Å². The van der Waals surface area contributed by atoms with Gasteiger partial charge in [-0.2, -0.15) is 5.10 Å². The first-order valence-corrected chi connectivity index (χ1v) is 8.29. The summed E-state index contributed by atoms with van der Waals surface area (Å²) in [5.74, 6) is 0.0492. The zero-order valence-corrected chi connectivity index (χ0v) is 14.0. The first-order valence-electron chi connectivity index (χ1n) is 6.68. The summed E-state index contributed by atoms with van der Waals surface area (Å²) in [4.78, 5) is 14.2. The monoisotopic (exact) mass is 352 g/mol. The number of nitrogens with zero attached hydrogens (tertiary/aromatic N) is 2. The number of hydrogen-bond acceptors (Lipinski definition) is 3. The summed E-state index contributed by atoms with van der Waals surface area (Å²) in [6.45, 7) is 4.94. The van der Waals surface area contributed by atoms with Gasteiger partial charge in [-0.1, -0.05) is 13.3 Å². The maximum absolute atomic E-state index is 12.1. The van der Waals surface area contributed by atoms with Crippen molar-refractivity contribution in [3.05, 3.63) is 44.3 Å². The van der Waals surface area contributed by atoms with Crippen molar-refractivity contribution in [3.63, 3.8) is 0 Å². The van der Waals surface area contributed by atoms with E-state index < -0.39 is 0 Å². The van der Waals surface area contributed by atoms with E-state index in [1.165, 1.54) is 4.88 Å².